The molecule has 2 heterocycles. The SMILES string of the molecule is CN(c1ccccn1)C1CCN(CC#N)CC1. The van der Waals surface area contributed by atoms with Crippen molar-refractivity contribution < 1.29 is 0 Å². The molecular weight excluding hydrogens is 212 g/mol. The van der Waals surface area contributed by atoms with Crippen molar-refractivity contribution in [2.45, 2.75) is 18.9 Å². The lowest BCUT2D eigenvalue weighted by Gasteiger charge is -2.36. The molecule has 1 aliphatic heterocycles. The zero-order chi connectivity index (χ0) is 12.1. The van der Waals surface area contributed by atoms with Gasteiger partial charge in [0.2, 0.25) is 0 Å². The second kappa shape index (κ2) is 5.65. The molecule has 4 nitrogen and oxygen atoms in total. The van der Waals surface area contributed by atoms with Gasteiger partial charge in [-0.3, -0.25) is 4.90 Å². The first kappa shape index (κ1) is 11.9. The lowest BCUT2D eigenvalue weighted by Crippen LogP contribution is -2.43. The molecule has 0 unspecified atom stereocenters. The maximum absolute atomic E-state index is 8.66. The van der Waals surface area contributed by atoms with E-state index in [0.29, 0.717) is 12.6 Å². The first-order valence-corrected chi connectivity index (χ1v) is 6.04. The zero-order valence-electron chi connectivity index (χ0n) is 10.2. The van der Waals surface area contributed by atoms with Gasteiger partial charge in [0.1, 0.15) is 5.82 Å². The Morgan fingerprint density at radius 1 is 1.47 bits per heavy atom. The van der Waals surface area contributed by atoms with Crippen molar-refractivity contribution >= 4 is 5.82 Å². The molecule has 0 saturated carbocycles. The Kier molecular flexibility index (Phi) is 3.94. The van der Waals surface area contributed by atoms with Crippen LogP contribution in [0.5, 0.6) is 0 Å². The first-order valence-electron chi connectivity index (χ1n) is 6.04. The standard InChI is InChI=1S/C13H18N4/c1-16(13-4-2-3-8-15-13)12-5-9-17(10-6-12)11-7-14/h2-4,8,12H,5-6,9-11H2,1H3. The van der Waals surface area contributed by atoms with E-state index in [1.807, 2.05) is 24.4 Å². The van der Waals surface area contributed by atoms with Gasteiger partial charge in [0.25, 0.3) is 0 Å². The number of hydrogen-bond donors (Lipinski definition) is 0. The smallest absolute Gasteiger partial charge is 0.128 e. The van der Waals surface area contributed by atoms with Gasteiger partial charge in [-0.15, -0.1) is 0 Å². The monoisotopic (exact) mass is 230 g/mol. The minimum Gasteiger partial charge on any atom is -0.357 e. The molecule has 0 bridgehead atoms. The summed E-state index contributed by atoms with van der Waals surface area (Å²) < 4.78 is 0. The summed E-state index contributed by atoms with van der Waals surface area (Å²) in [5, 5.41) is 8.66. The molecule has 90 valence electrons. The maximum atomic E-state index is 8.66. The highest BCUT2D eigenvalue weighted by Crippen LogP contribution is 2.19. The summed E-state index contributed by atoms with van der Waals surface area (Å²) in [7, 11) is 2.10. The Morgan fingerprint density at radius 3 is 2.82 bits per heavy atom. The fourth-order valence-corrected chi connectivity index (χ4v) is 2.31. The molecule has 1 fully saturated rings. The third-order valence-electron chi connectivity index (χ3n) is 3.41. The second-order valence-electron chi connectivity index (χ2n) is 4.46. The number of nitriles is 1. The fraction of sp³-hybridized carbons (Fsp3) is 0.538. The van der Waals surface area contributed by atoms with E-state index in [1.165, 1.54) is 0 Å². The molecule has 0 spiro atoms. The van der Waals surface area contributed by atoms with Crippen molar-refractivity contribution in [3.63, 3.8) is 0 Å². The second-order valence-corrected chi connectivity index (χ2v) is 4.46. The molecule has 2 rings (SSSR count). The summed E-state index contributed by atoms with van der Waals surface area (Å²) in [5.74, 6) is 1.03. The van der Waals surface area contributed by atoms with Crippen LogP contribution in [0.15, 0.2) is 24.4 Å². The normalized spacial score (nSPS) is 17.6. The highest BCUT2D eigenvalue weighted by molar-refractivity contribution is 5.38. The Morgan fingerprint density at radius 2 is 2.24 bits per heavy atom. The van der Waals surface area contributed by atoms with E-state index in [9.17, 15) is 0 Å². The lowest BCUT2D eigenvalue weighted by molar-refractivity contribution is 0.232. The van der Waals surface area contributed by atoms with Crippen LogP contribution < -0.4 is 4.90 Å². The van der Waals surface area contributed by atoms with E-state index in [1.54, 1.807) is 0 Å². The van der Waals surface area contributed by atoms with Gasteiger partial charge in [-0.2, -0.15) is 5.26 Å². The van der Waals surface area contributed by atoms with E-state index >= 15 is 0 Å². The van der Waals surface area contributed by atoms with Crippen LogP contribution in [-0.4, -0.2) is 42.6 Å². The summed E-state index contributed by atoms with van der Waals surface area (Å²) in [6, 6.07) is 8.75. The molecule has 1 saturated heterocycles. The Bertz CT molecular complexity index is 376. The molecule has 0 aliphatic carbocycles. The summed E-state index contributed by atoms with van der Waals surface area (Å²) >= 11 is 0. The number of likely N-dealkylation sites (tertiary alicyclic amines) is 1. The van der Waals surface area contributed by atoms with E-state index < -0.39 is 0 Å². The molecule has 0 aromatic carbocycles. The predicted molar refractivity (Wildman–Crippen MR) is 67.7 cm³/mol. The third kappa shape index (κ3) is 2.95. The van der Waals surface area contributed by atoms with Crippen molar-refractivity contribution in [3.8, 4) is 6.07 Å². The predicted octanol–water partition coefficient (Wildman–Crippen LogP) is 1.51. The van der Waals surface area contributed by atoms with Gasteiger partial charge in [-0.05, 0) is 25.0 Å². The van der Waals surface area contributed by atoms with Gasteiger partial charge in [0, 0.05) is 32.4 Å². The quantitative estimate of drug-likeness (QED) is 0.738. The lowest BCUT2D eigenvalue weighted by atomic mass is 10.0. The largest absolute Gasteiger partial charge is 0.357 e. The summed E-state index contributed by atoms with van der Waals surface area (Å²) in [6.07, 6.45) is 4.04. The Balaban J connectivity index is 1.91. The number of rotatable bonds is 3. The average Bonchev–Trinajstić information content (AvgIpc) is 2.40. The van der Waals surface area contributed by atoms with Crippen molar-refractivity contribution in [3.05, 3.63) is 24.4 Å². The minimum absolute atomic E-state index is 0.542. The third-order valence-corrected chi connectivity index (χ3v) is 3.41. The highest BCUT2D eigenvalue weighted by Gasteiger charge is 2.22. The Hall–Kier alpha value is -1.60. The number of anilines is 1. The van der Waals surface area contributed by atoms with Crippen LogP contribution in [0.1, 0.15) is 12.8 Å². The number of pyridine rings is 1. The summed E-state index contributed by atoms with van der Waals surface area (Å²) in [4.78, 5) is 8.83. The van der Waals surface area contributed by atoms with Crippen LogP contribution in [0.4, 0.5) is 5.82 Å². The van der Waals surface area contributed by atoms with Crippen LogP contribution >= 0.6 is 0 Å². The van der Waals surface area contributed by atoms with Gasteiger partial charge in [0.15, 0.2) is 0 Å². The van der Waals surface area contributed by atoms with Crippen molar-refractivity contribution in [1.82, 2.24) is 9.88 Å². The minimum atomic E-state index is 0.542. The van der Waals surface area contributed by atoms with Gasteiger partial charge in [-0.1, -0.05) is 6.07 Å². The summed E-state index contributed by atoms with van der Waals surface area (Å²) in [5.41, 5.74) is 0. The molecule has 1 aromatic rings. The average molecular weight is 230 g/mol. The van der Waals surface area contributed by atoms with Gasteiger partial charge < -0.3 is 4.90 Å². The van der Waals surface area contributed by atoms with Crippen molar-refractivity contribution in [2.24, 2.45) is 0 Å². The van der Waals surface area contributed by atoms with Crippen LogP contribution in [0.25, 0.3) is 0 Å². The van der Waals surface area contributed by atoms with Gasteiger partial charge in [-0.25, -0.2) is 4.98 Å². The van der Waals surface area contributed by atoms with Crippen LogP contribution in [0.3, 0.4) is 0 Å². The van der Waals surface area contributed by atoms with Gasteiger partial charge >= 0.3 is 0 Å². The molecule has 1 aliphatic rings. The number of aromatic nitrogens is 1. The topological polar surface area (TPSA) is 43.2 Å². The fourth-order valence-electron chi connectivity index (χ4n) is 2.31. The number of piperidine rings is 1. The van der Waals surface area contributed by atoms with Crippen molar-refractivity contribution in [1.29, 1.82) is 5.26 Å². The van der Waals surface area contributed by atoms with E-state index in [2.05, 4.69) is 27.9 Å². The number of hydrogen-bond acceptors (Lipinski definition) is 4. The molecule has 0 atom stereocenters. The van der Waals surface area contributed by atoms with Crippen LogP contribution in [0.2, 0.25) is 0 Å². The zero-order valence-corrected chi connectivity index (χ0v) is 10.2. The molecule has 0 amide bonds. The van der Waals surface area contributed by atoms with E-state index in [0.717, 1.165) is 31.7 Å². The van der Waals surface area contributed by atoms with Crippen LogP contribution in [0, 0.1) is 11.3 Å². The summed E-state index contributed by atoms with van der Waals surface area (Å²) in [6.45, 7) is 2.57. The first-order chi connectivity index (χ1) is 8.31. The van der Waals surface area contributed by atoms with Crippen molar-refractivity contribution in [2.75, 3.05) is 31.6 Å². The molecular formula is C13H18N4. The van der Waals surface area contributed by atoms with E-state index in [-0.39, 0.29) is 0 Å². The maximum Gasteiger partial charge on any atom is 0.128 e. The van der Waals surface area contributed by atoms with Crippen LogP contribution in [-0.2, 0) is 0 Å². The molecule has 4 heteroatoms. The number of nitrogens with zero attached hydrogens (tertiary/aromatic N) is 4. The molecule has 1 aromatic heterocycles. The Labute approximate surface area is 102 Å². The van der Waals surface area contributed by atoms with E-state index in [4.69, 9.17) is 5.26 Å². The molecule has 0 radical (unpaired) electrons. The van der Waals surface area contributed by atoms with Gasteiger partial charge in [0.05, 0.1) is 12.6 Å². The molecule has 17 heavy (non-hydrogen) atoms. The molecule has 0 N–H and O–H groups in total. The highest BCUT2D eigenvalue weighted by atomic mass is 15.2.